The van der Waals surface area contributed by atoms with E-state index in [0.29, 0.717) is 16.6 Å². The van der Waals surface area contributed by atoms with Crippen molar-refractivity contribution in [2.24, 2.45) is 7.05 Å². The molecular weight excluding hydrogens is 384 g/mol. The van der Waals surface area contributed by atoms with Crippen LogP contribution in [0.15, 0.2) is 65.8 Å². The first-order chi connectivity index (χ1) is 14.0. The van der Waals surface area contributed by atoms with Gasteiger partial charge in [-0.15, -0.1) is 0 Å². The average Bonchev–Trinajstić information content (AvgIpc) is 3.23. The van der Waals surface area contributed by atoms with Gasteiger partial charge in [0, 0.05) is 41.5 Å². The topological polar surface area (TPSA) is 64.2 Å². The summed E-state index contributed by atoms with van der Waals surface area (Å²) in [6.07, 6.45) is 6.04. The molecule has 0 atom stereocenters. The maximum Gasteiger partial charge on any atom is 0.268 e. The normalized spacial score (nSPS) is 13.9. The average molecular weight is 407 g/mol. The van der Waals surface area contributed by atoms with Gasteiger partial charge in [0.05, 0.1) is 17.2 Å². The van der Waals surface area contributed by atoms with Crippen molar-refractivity contribution < 1.29 is 13.5 Å². The first-order valence-electron chi connectivity index (χ1n) is 9.74. The Bertz CT molecular complexity index is 1350. The molecule has 0 radical (unpaired) electrons. The number of hydrogen-bond donors (Lipinski definition) is 1. The lowest BCUT2D eigenvalue weighted by Gasteiger charge is -2.14. The second-order valence-corrected chi connectivity index (χ2v) is 9.35. The van der Waals surface area contributed by atoms with Crippen molar-refractivity contribution in [3.8, 4) is 11.3 Å². The van der Waals surface area contributed by atoms with Gasteiger partial charge in [-0.3, -0.25) is 0 Å². The van der Waals surface area contributed by atoms with Gasteiger partial charge in [-0.05, 0) is 48.6 Å². The quantitative estimate of drug-likeness (QED) is 0.562. The number of hydrogen-bond acceptors (Lipinski definition) is 3. The van der Waals surface area contributed by atoms with Crippen molar-refractivity contribution in [3.63, 3.8) is 0 Å². The van der Waals surface area contributed by atoms with Crippen LogP contribution in [0.4, 0.5) is 0 Å². The maximum atomic E-state index is 13.9. The van der Waals surface area contributed by atoms with Crippen molar-refractivity contribution >= 4 is 20.9 Å². The van der Waals surface area contributed by atoms with Crippen molar-refractivity contribution in [2.75, 3.05) is 0 Å². The summed E-state index contributed by atoms with van der Waals surface area (Å²) in [6, 6.07) is 15.2. The maximum absolute atomic E-state index is 13.9. The summed E-state index contributed by atoms with van der Waals surface area (Å²) in [5, 5.41) is 10.6. The highest BCUT2D eigenvalue weighted by molar-refractivity contribution is 7.90. The Balaban J connectivity index is 1.83. The third kappa shape index (κ3) is 2.67. The number of fused-ring (bicyclic) bond motifs is 4. The summed E-state index contributed by atoms with van der Waals surface area (Å²) in [4.78, 5) is 0.277. The molecule has 2 heterocycles. The second-order valence-electron chi connectivity index (χ2n) is 7.57. The van der Waals surface area contributed by atoms with Crippen LogP contribution in [-0.2, 0) is 36.5 Å². The molecule has 1 aliphatic carbocycles. The SMILES string of the molecule is Cn1ccc2c(S(=O)(=O)n3cc(CO)c4c3-c3ccccc3CCC4)cccc21. The van der Waals surface area contributed by atoms with E-state index in [-0.39, 0.29) is 11.5 Å². The third-order valence-corrected chi connectivity index (χ3v) is 7.63. The molecule has 148 valence electrons. The predicted molar refractivity (Wildman–Crippen MR) is 113 cm³/mol. The molecule has 1 aliphatic rings. The highest BCUT2D eigenvalue weighted by Gasteiger charge is 2.29. The van der Waals surface area contributed by atoms with E-state index in [1.807, 2.05) is 48.1 Å². The van der Waals surface area contributed by atoms with Gasteiger partial charge in [0.2, 0.25) is 0 Å². The fraction of sp³-hybridized carbons (Fsp3) is 0.217. The van der Waals surface area contributed by atoms with Gasteiger partial charge in [0.25, 0.3) is 10.0 Å². The molecular formula is C23H22N2O3S. The van der Waals surface area contributed by atoms with Crippen LogP contribution in [0, 0.1) is 0 Å². The molecule has 1 N–H and O–H groups in total. The molecule has 0 bridgehead atoms. The van der Waals surface area contributed by atoms with E-state index in [2.05, 4.69) is 6.07 Å². The third-order valence-electron chi connectivity index (χ3n) is 5.91. The zero-order valence-electron chi connectivity index (χ0n) is 16.2. The van der Waals surface area contributed by atoms with Crippen molar-refractivity contribution in [1.29, 1.82) is 0 Å². The molecule has 4 aromatic rings. The highest BCUT2D eigenvalue weighted by Crippen LogP contribution is 2.38. The summed E-state index contributed by atoms with van der Waals surface area (Å²) in [5.74, 6) is 0. The van der Waals surface area contributed by atoms with Crippen LogP contribution in [0.5, 0.6) is 0 Å². The molecule has 6 heteroatoms. The van der Waals surface area contributed by atoms with E-state index in [4.69, 9.17) is 0 Å². The van der Waals surface area contributed by atoms with E-state index in [9.17, 15) is 13.5 Å². The van der Waals surface area contributed by atoms with Crippen LogP contribution < -0.4 is 0 Å². The summed E-state index contributed by atoms with van der Waals surface area (Å²) in [7, 11) is -1.95. The van der Waals surface area contributed by atoms with E-state index >= 15 is 0 Å². The Labute approximate surface area is 169 Å². The van der Waals surface area contributed by atoms with Crippen LogP contribution in [0.1, 0.15) is 23.1 Å². The summed E-state index contributed by atoms with van der Waals surface area (Å²) < 4.78 is 31.0. The molecule has 0 fully saturated rings. The van der Waals surface area contributed by atoms with E-state index in [1.165, 1.54) is 3.97 Å². The van der Waals surface area contributed by atoms with Gasteiger partial charge < -0.3 is 9.67 Å². The predicted octanol–water partition coefficient (Wildman–Crippen LogP) is 3.86. The number of aliphatic hydroxyl groups is 1. The monoisotopic (exact) mass is 406 g/mol. The van der Waals surface area contributed by atoms with Crippen molar-refractivity contribution in [1.82, 2.24) is 8.54 Å². The van der Waals surface area contributed by atoms with E-state index in [0.717, 1.165) is 41.5 Å². The van der Waals surface area contributed by atoms with Crippen LogP contribution in [0.2, 0.25) is 0 Å². The molecule has 0 aliphatic heterocycles. The van der Waals surface area contributed by atoms with Crippen molar-refractivity contribution in [3.05, 3.63) is 77.6 Å². The minimum atomic E-state index is -3.85. The van der Waals surface area contributed by atoms with E-state index < -0.39 is 10.0 Å². The molecule has 2 aromatic heterocycles. The molecule has 0 saturated heterocycles. The molecule has 5 rings (SSSR count). The first kappa shape index (κ1) is 18.2. The summed E-state index contributed by atoms with van der Waals surface area (Å²) >= 11 is 0. The fourth-order valence-corrected chi connectivity index (χ4v) is 6.11. The number of aryl methyl sites for hydroxylation is 2. The van der Waals surface area contributed by atoms with Crippen molar-refractivity contribution in [2.45, 2.75) is 30.8 Å². The van der Waals surface area contributed by atoms with Gasteiger partial charge in [-0.2, -0.15) is 0 Å². The molecule has 0 amide bonds. The fourth-order valence-electron chi connectivity index (χ4n) is 4.49. The lowest BCUT2D eigenvalue weighted by atomic mass is 10.0. The van der Waals surface area contributed by atoms with Gasteiger partial charge in [-0.25, -0.2) is 12.4 Å². The zero-order valence-corrected chi connectivity index (χ0v) is 17.0. The second kappa shape index (κ2) is 6.61. The molecule has 0 saturated carbocycles. The lowest BCUT2D eigenvalue weighted by Crippen LogP contribution is -2.14. The van der Waals surface area contributed by atoms with Gasteiger partial charge >= 0.3 is 0 Å². The minimum Gasteiger partial charge on any atom is -0.392 e. The standard InChI is InChI=1S/C23H22N2O3S/c1-24-13-12-20-21(24)10-5-11-22(20)29(27,28)25-14-17(15-26)19-9-4-7-16-6-2-3-8-18(16)23(19)25/h2-3,5-6,8,10-14,26H,4,7,9,15H2,1H3. The highest BCUT2D eigenvalue weighted by atomic mass is 32.2. The number of benzene rings is 2. The van der Waals surface area contributed by atoms with Crippen LogP contribution in [-0.4, -0.2) is 22.1 Å². The summed E-state index contributed by atoms with van der Waals surface area (Å²) in [6.45, 7) is -0.178. The van der Waals surface area contributed by atoms with Crippen LogP contribution in [0.3, 0.4) is 0 Å². The minimum absolute atomic E-state index is 0.178. The molecule has 0 spiro atoms. The number of aliphatic hydroxyl groups excluding tert-OH is 1. The Hall–Kier alpha value is -2.83. The van der Waals surface area contributed by atoms with Crippen LogP contribution in [0.25, 0.3) is 22.2 Å². The lowest BCUT2D eigenvalue weighted by molar-refractivity contribution is 0.281. The Morgan fingerprint density at radius 2 is 1.86 bits per heavy atom. The Morgan fingerprint density at radius 3 is 2.69 bits per heavy atom. The van der Waals surface area contributed by atoms with Gasteiger partial charge in [0.1, 0.15) is 0 Å². The van der Waals surface area contributed by atoms with Gasteiger partial charge in [0.15, 0.2) is 0 Å². The van der Waals surface area contributed by atoms with Gasteiger partial charge in [-0.1, -0.05) is 30.3 Å². The summed E-state index contributed by atoms with van der Waals surface area (Å²) in [5.41, 5.74) is 5.25. The Morgan fingerprint density at radius 1 is 1.03 bits per heavy atom. The largest absolute Gasteiger partial charge is 0.392 e. The zero-order chi connectivity index (χ0) is 20.2. The number of nitrogens with zero attached hydrogens (tertiary/aromatic N) is 2. The number of rotatable bonds is 3. The Kier molecular flexibility index (Phi) is 4.15. The molecule has 29 heavy (non-hydrogen) atoms. The van der Waals surface area contributed by atoms with Crippen LogP contribution >= 0.6 is 0 Å². The molecule has 0 unspecified atom stereocenters. The smallest absolute Gasteiger partial charge is 0.268 e. The number of aromatic nitrogens is 2. The first-order valence-corrected chi connectivity index (χ1v) is 11.2. The molecule has 2 aromatic carbocycles. The molecule has 5 nitrogen and oxygen atoms in total. The van der Waals surface area contributed by atoms with E-state index in [1.54, 1.807) is 18.3 Å².